The van der Waals surface area contributed by atoms with Gasteiger partial charge < -0.3 is 4.90 Å². The van der Waals surface area contributed by atoms with E-state index in [0.29, 0.717) is 36.8 Å². The summed E-state index contributed by atoms with van der Waals surface area (Å²) < 4.78 is 41.6. The third-order valence-electron chi connectivity index (χ3n) is 5.84. The molecule has 0 amide bonds. The van der Waals surface area contributed by atoms with Crippen molar-refractivity contribution in [2.24, 2.45) is 0 Å². The van der Waals surface area contributed by atoms with Gasteiger partial charge in [0.15, 0.2) is 0 Å². The van der Waals surface area contributed by atoms with Crippen molar-refractivity contribution in [1.29, 1.82) is 0 Å². The Balaban J connectivity index is 1.61. The van der Waals surface area contributed by atoms with Crippen LogP contribution in [0.4, 0.5) is 10.2 Å². The largest absolute Gasteiger partial charge is 0.354 e. The molecule has 0 radical (unpaired) electrons. The van der Waals surface area contributed by atoms with Gasteiger partial charge in [-0.25, -0.2) is 22.8 Å². The van der Waals surface area contributed by atoms with Crippen LogP contribution < -0.4 is 4.90 Å². The van der Waals surface area contributed by atoms with E-state index in [9.17, 15) is 12.8 Å². The molecule has 1 aliphatic rings. The first-order valence-corrected chi connectivity index (χ1v) is 13.2. The van der Waals surface area contributed by atoms with Crippen molar-refractivity contribution in [1.82, 2.24) is 14.3 Å². The molecule has 2 heterocycles. The Labute approximate surface area is 209 Å². The van der Waals surface area contributed by atoms with Crippen LogP contribution in [0.5, 0.6) is 0 Å². The summed E-state index contributed by atoms with van der Waals surface area (Å²) in [7, 11) is -3.79. The van der Waals surface area contributed by atoms with Gasteiger partial charge in [-0.3, -0.25) is 0 Å². The van der Waals surface area contributed by atoms with Crippen molar-refractivity contribution < 1.29 is 12.8 Å². The summed E-state index contributed by atoms with van der Waals surface area (Å²) in [5, 5.41) is 0.454. The number of sulfonamides is 1. The van der Waals surface area contributed by atoms with Gasteiger partial charge in [-0.05, 0) is 49.2 Å². The van der Waals surface area contributed by atoms with Crippen LogP contribution in [0.3, 0.4) is 0 Å². The SMILES string of the molecule is CCc1nc(C)nc(N2CCN(S(=O)(=O)c3cc(Cl)ccc3Cl)CC2)c1Cc1cccc(F)c1. The Bertz CT molecular complexity index is 1310. The number of piperazine rings is 1. The summed E-state index contributed by atoms with van der Waals surface area (Å²) in [6, 6.07) is 10.9. The summed E-state index contributed by atoms with van der Waals surface area (Å²) in [6.07, 6.45) is 1.20. The summed E-state index contributed by atoms with van der Waals surface area (Å²) in [5.74, 6) is 1.13. The minimum atomic E-state index is -3.79. The van der Waals surface area contributed by atoms with Gasteiger partial charge in [0, 0.05) is 48.9 Å². The highest BCUT2D eigenvalue weighted by molar-refractivity contribution is 7.89. The van der Waals surface area contributed by atoms with E-state index in [-0.39, 0.29) is 28.8 Å². The van der Waals surface area contributed by atoms with Crippen molar-refractivity contribution >= 4 is 39.0 Å². The first kappa shape index (κ1) is 24.9. The molecule has 3 aromatic rings. The molecule has 2 aromatic carbocycles. The molecule has 10 heteroatoms. The topological polar surface area (TPSA) is 66.4 Å². The fraction of sp³-hybridized carbons (Fsp3) is 0.333. The monoisotopic (exact) mass is 522 g/mol. The first-order valence-electron chi connectivity index (χ1n) is 11.0. The zero-order valence-corrected chi connectivity index (χ0v) is 21.3. The predicted octanol–water partition coefficient (Wildman–Crippen LogP) is 4.90. The molecule has 180 valence electrons. The number of hydrogen-bond acceptors (Lipinski definition) is 5. The third-order valence-corrected chi connectivity index (χ3v) is 8.45. The second-order valence-electron chi connectivity index (χ2n) is 8.15. The van der Waals surface area contributed by atoms with Gasteiger partial charge in [0.25, 0.3) is 0 Å². The Morgan fingerprint density at radius 1 is 1.03 bits per heavy atom. The van der Waals surface area contributed by atoms with Gasteiger partial charge in [0.2, 0.25) is 10.0 Å². The second-order valence-corrected chi connectivity index (χ2v) is 10.9. The van der Waals surface area contributed by atoms with Crippen molar-refractivity contribution in [2.75, 3.05) is 31.1 Å². The fourth-order valence-electron chi connectivity index (χ4n) is 4.18. The molecule has 6 nitrogen and oxygen atoms in total. The molecule has 0 saturated carbocycles. The molecule has 0 unspecified atom stereocenters. The first-order chi connectivity index (χ1) is 16.2. The highest BCUT2D eigenvalue weighted by Crippen LogP contribution is 2.30. The Morgan fingerprint density at radius 2 is 1.76 bits per heavy atom. The van der Waals surface area contributed by atoms with Gasteiger partial charge in [0.1, 0.15) is 22.4 Å². The van der Waals surface area contributed by atoms with Crippen molar-refractivity contribution in [3.05, 3.63) is 81.0 Å². The van der Waals surface area contributed by atoms with Crippen LogP contribution in [-0.4, -0.2) is 48.9 Å². The molecule has 4 rings (SSSR count). The number of anilines is 1. The van der Waals surface area contributed by atoms with Crippen molar-refractivity contribution in [3.63, 3.8) is 0 Å². The molecule has 0 N–H and O–H groups in total. The minimum Gasteiger partial charge on any atom is -0.354 e. The number of hydrogen-bond donors (Lipinski definition) is 0. The summed E-state index contributed by atoms with van der Waals surface area (Å²) >= 11 is 12.2. The Kier molecular flexibility index (Phi) is 7.42. The third kappa shape index (κ3) is 5.20. The minimum absolute atomic E-state index is 0.00746. The van der Waals surface area contributed by atoms with Crippen LogP contribution in [0.2, 0.25) is 10.0 Å². The lowest BCUT2D eigenvalue weighted by atomic mass is 10.0. The van der Waals surface area contributed by atoms with E-state index in [1.54, 1.807) is 12.1 Å². The van der Waals surface area contributed by atoms with Gasteiger partial charge in [-0.1, -0.05) is 42.3 Å². The zero-order chi connectivity index (χ0) is 24.5. The predicted molar refractivity (Wildman–Crippen MR) is 133 cm³/mol. The van der Waals surface area contributed by atoms with E-state index in [2.05, 4.69) is 9.88 Å². The van der Waals surface area contributed by atoms with Crippen LogP contribution >= 0.6 is 23.2 Å². The van der Waals surface area contributed by atoms with E-state index in [0.717, 1.165) is 22.6 Å². The van der Waals surface area contributed by atoms with Crippen LogP contribution in [0.1, 0.15) is 29.6 Å². The van der Waals surface area contributed by atoms with Crippen LogP contribution in [-0.2, 0) is 22.9 Å². The lowest BCUT2D eigenvalue weighted by molar-refractivity contribution is 0.383. The molecular weight excluding hydrogens is 498 g/mol. The normalized spacial score (nSPS) is 15.0. The number of benzene rings is 2. The maximum Gasteiger partial charge on any atom is 0.244 e. The van der Waals surface area contributed by atoms with Crippen molar-refractivity contribution in [2.45, 2.75) is 31.6 Å². The molecule has 0 spiro atoms. The standard InChI is InChI=1S/C24H25Cl2FN4O2S/c1-3-22-20(14-17-5-4-6-19(27)13-17)24(29-16(2)28-22)30-9-11-31(12-10-30)34(32,33)23-15-18(25)7-8-21(23)26/h4-8,13,15H,3,9-12,14H2,1-2H3. The van der Waals surface area contributed by atoms with E-state index in [1.165, 1.54) is 28.6 Å². The van der Waals surface area contributed by atoms with E-state index in [1.807, 2.05) is 19.9 Å². The highest BCUT2D eigenvalue weighted by atomic mass is 35.5. The summed E-state index contributed by atoms with van der Waals surface area (Å²) in [5.41, 5.74) is 2.68. The molecule has 0 atom stereocenters. The fourth-order valence-corrected chi connectivity index (χ4v) is 6.34. The van der Waals surface area contributed by atoms with Crippen LogP contribution in [0.25, 0.3) is 0 Å². The summed E-state index contributed by atoms with van der Waals surface area (Å²) in [6.45, 7) is 5.32. The second kappa shape index (κ2) is 10.2. The highest BCUT2D eigenvalue weighted by Gasteiger charge is 2.31. The number of aromatic nitrogens is 2. The molecule has 1 aromatic heterocycles. The zero-order valence-electron chi connectivity index (χ0n) is 18.9. The molecule has 34 heavy (non-hydrogen) atoms. The lowest BCUT2D eigenvalue weighted by Gasteiger charge is -2.36. The van der Waals surface area contributed by atoms with Gasteiger partial charge in [0.05, 0.1) is 5.02 Å². The molecular formula is C24H25Cl2FN4O2S. The Hall–Kier alpha value is -2.26. The molecule has 0 bridgehead atoms. The molecule has 0 aliphatic carbocycles. The average molecular weight is 523 g/mol. The molecule has 1 saturated heterocycles. The lowest BCUT2D eigenvalue weighted by Crippen LogP contribution is -2.49. The van der Waals surface area contributed by atoms with E-state index < -0.39 is 10.0 Å². The van der Waals surface area contributed by atoms with E-state index in [4.69, 9.17) is 28.2 Å². The van der Waals surface area contributed by atoms with Gasteiger partial charge >= 0.3 is 0 Å². The molecule has 1 fully saturated rings. The average Bonchev–Trinajstić information content (AvgIpc) is 2.81. The maximum atomic E-state index is 13.8. The number of halogens is 3. The summed E-state index contributed by atoms with van der Waals surface area (Å²) in [4.78, 5) is 11.4. The number of nitrogens with zero attached hydrogens (tertiary/aromatic N) is 4. The Morgan fingerprint density at radius 3 is 2.44 bits per heavy atom. The van der Waals surface area contributed by atoms with Crippen molar-refractivity contribution in [3.8, 4) is 0 Å². The van der Waals surface area contributed by atoms with Crippen LogP contribution in [0.15, 0.2) is 47.4 Å². The maximum absolute atomic E-state index is 13.8. The van der Waals surface area contributed by atoms with Gasteiger partial charge in [-0.2, -0.15) is 4.31 Å². The number of aryl methyl sites for hydroxylation is 2. The van der Waals surface area contributed by atoms with Gasteiger partial charge in [-0.15, -0.1) is 0 Å². The van der Waals surface area contributed by atoms with E-state index >= 15 is 0 Å². The van der Waals surface area contributed by atoms with Crippen LogP contribution in [0, 0.1) is 12.7 Å². The quantitative estimate of drug-likeness (QED) is 0.460. The molecule has 1 aliphatic heterocycles. The smallest absolute Gasteiger partial charge is 0.244 e. The number of rotatable bonds is 6.